The summed E-state index contributed by atoms with van der Waals surface area (Å²) >= 11 is 5.18. The van der Waals surface area contributed by atoms with Crippen molar-refractivity contribution >= 4 is 70.2 Å². The van der Waals surface area contributed by atoms with Gasteiger partial charge in [-0.05, 0) is 22.6 Å². The number of nitrogens with one attached hydrogen (secondary N) is 1. The molecule has 246 valence electrons. The number of aliphatic hydroxyl groups is 1. The van der Waals surface area contributed by atoms with Gasteiger partial charge in [0.1, 0.15) is 42.4 Å². The Kier molecular flexibility index (Phi) is 7.96. The summed E-state index contributed by atoms with van der Waals surface area (Å²) in [5.74, 6) is -0.179. The number of fused-ring (bicyclic) bond motifs is 4. The van der Waals surface area contributed by atoms with Gasteiger partial charge in [0.2, 0.25) is 5.95 Å². The average Bonchev–Trinajstić information content (AvgIpc) is 3.76. The molecule has 0 radical (unpaired) electrons. The number of H-pyrrole nitrogens is 1. The Morgan fingerprint density at radius 3 is 2.46 bits per heavy atom. The second-order valence-electron chi connectivity index (χ2n) is 10.2. The van der Waals surface area contributed by atoms with Crippen molar-refractivity contribution in [2.75, 3.05) is 24.7 Å². The Hall–Kier alpha value is -3.01. The Morgan fingerprint density at radius 1 is 1.02 bits per heavy atom. The highest BCUT2D eigenvalue weighted by atomic mass is 32.7. The highest BCUT2D eigenvalue weighted by molar-refractivity contribution is 8.48. The molecular formula is C21H23FN10O10P2S2. The molecule has 3 aliphatic rings. The topological polar surface area (TPSA) is 272 Å². The number of nitrogen functional groups attached to an aromatic ring is 2. The van der Waals surface area contributed by atoms with E-state index in [-0.39, 0.29) is 44.9 Å². The summed E-state index contributed by atoms with van der Waals surface area (Å²) in [4.78, 5) is 45.7. The molecule has 7 rings (SSSR count). The minimum Gasteiger partial charge on any atom is -0.386 e. The molecule has 20 nitrogen and oxygen atoms in total. The van der Waals surface area contributed by atoms with E-state index in [4.69, 9.17) is 56.5 Å². The van der Waals surface area contributed by atoms with Crippen LogP contribution in [0.15, 0.2) is 23.8 Å². The molecule has 4 aromatic heterocycles. The number of halogens is 1. The number of ether oxygens (including phenoxy) is 2. The van der Waals surface area contributed by atoms with E-state index in [2.05, 4.69) is 29.9 Å². The van der Waals surface area contributed by atoms with Crippen LogP contribution in [0.25, 0.3) is 22.3 Å². The Balaban J connectivity index is 1.19. The number of rotatable bonds is 2. The van der Waals surface area contributed by atoms with Gasteiger partial charge >= 0.3 is 13.5 Å². The predicted molar refractivity (Wildman–Crippen MR) is 159 cm³/mol. The fourth-order valence-electron chi connectivity index (χ4n) is 5.33. The van der Waals surface area contributed by atoms with Crippen LogP contribution in [-0.4, -0.2) is 98.9 Å². The van der Waals surface area contributed by atoms with Crippen LogP contribution < -0.4 is 17.0 Å². The van der Waals surface area contributed by atoms with Crippen molar-refractivity contribution in [2.24, 2.45) is 0 Å². The molecule has 0 aliphatic carbocycles. The van der Waals surface area contributed by atoms with Crippen LogP contribution in [0.1, 0.15) is 12.5 Å². The highest BCUT2D eigenvalue weighted by Gasteiger charge is 2.53. The number of anilines is 2. The number of nitrogens with zero attached hydrogens (tertiary/aromatic N) is 7. The first-order valence-electron chi connectivity index (χ1n) is 13.1. The van der Waals surface area contributed by atoms with Crippen LogP contribution in [0.4, 0.5) is 16.2 Å². The van der Waals surface area contributed by atoms with E-state index in [1.165, 1.54) is 21.8 Å². The second-order valence-corrected chi connectivity index (χ2v) is 16.5. The van der Waals surface area contributed by atoms with Crippen molar-refractivity contribution in [1.82, 2.24) is 39.0 Å². The number of nitrogens with two attached hydrogens (primary N) is 2. The molecule has 1 unspecified atom stereocenters. The van der Waals surface area contributed by atoms with Gasteiger partial charge in [-0.15, -0.1) is 0 Å². The minimum absolute atomic E-state index is 0.0416. The van der Waals surface area contributed by atoms with Gasteiger partial charge in [-0.3, -0.25) is 32.5 Å². The maximum Gasteiger partial charge on any atom is 0.418 e. The fraction of sp³-hybridized carbons (Fsp3) is 0.476. The van der Waals surface area contributed by atoms with Gasteiger partial charge in [-0.25, -0.2) is 28.9 Å². The number of imidazole rings is 2. The summed E-state index contributed by atoms with van der Waals surface area (Å²) in [6.45, 7) is -9.87. The van der Waals surface area contributed by atoms with E-state index >= 15 is 4.39 Å². The molecule has 0 spiro atoms. The summed E-state index contributed by atoms with van der Waals surface area (Å²) in [5.41, 5.74) is 16.8. The molecule has 7 heterocycles. The van der Waals surface area contributed by atoms with E-state index in [1.807, 2.05) is 0 Å². The number of aromatic nitrogens is 8. The van der Waals surface area contributed by atoms with Crippen molar-refractivity contribution in [3.63, 3.8) is 0 Å². The molecule has 0 bridgehead atoms. The first kappa shape index (κ1) is 31.6. The quantitative estimate of drug-likeness (QED) is 0.172. The van der Waals surface area contributed by atoms with Crippen molar-refractivity contribution in [2.45, 2.75) is 49.1 Å². The molecule has 46 heavy (non-hydrogen) atoms. The summed E-state index contributed by atoms with van der Waals surface area (Å²) in [7, 11) is 0.203. The third-order valence-electron chi connectivity index (χ3n) is 7.40. The summed E-state index contributed by atoms with van der Waals surface area (Å²) in [6.07, 6.45) is -8.62. The zero-order chi connectivity index (χ0) is 32.5. The molecule has 0 amide bonds. The third kappa shape index (κ3) is 5.42. The molecule has 25 heteroatoms. The summed E-state index contributed by atoms with van der Waals surface area (Å²) in [5, 5.41) is 11.3. The molecule has 3 saturated heterocycles. The van der Waals surface area contributed by atoms with E-state index in [0.29, 0.717) is 0 Å². The van der Waals surface area contributed by atoms with E-state index < -0.39 is 81.4 Å². The first-order valence-corrected chi connectivity index (χ1v) is 18.8. The van der Waals surface area contributed by atoms with Crippen molar-refractivity contribution in [3.8, 4) is 5.69 Å². The smallest absolute Gasteiger partial charge is 0.386 e. The molecule has 10 atom stereocenters. The standard InChI is InChI=1S/C21H23FN10O10P2S2/c1-46-44(36)38-3-7-13(9(22)19(39-7)31-5-27-10-15(23)25-4-26-16(10)31)41-43(35,45)37-2-8-14(42-44)12(33)20(40-8)32-6-28-11-17(32)29-21(24)30-18(11)34/h1,4-9,12-14,19-20,33H,2-3H2,(H,35,45)(H2,23,25,26)(H3,24,29,30,34)/t7-,8-,9-,12-,13-,14-,19-,20-,43?,44-/m1/s1. The monoisotopic (exact) mass is 720 g/mol. The molecule has 0 saturated carbocycles. The number of aliphatic hydroxyl groups excluding tert-OH is 1. The van der Waals surface area contributed by atoms with Gasteiger partial charge in [0, 0.05) is 0 Å². The molecule has 4 aromatic rings. The molecule has 3 fully saturated rings. The Morgan fingerprint density at radius 2 is 1.70 bits per heavy atom. The van der Waals surface area contributed by atoms with Crippen molar-refractivity contribution in [1.29, 1.82) is 0 Å². The highest BCUT2D eigenvalue weighted by Crippen LogP contribution is 2.59. The lowest BCUT2D eigenvalue weighted by Gasteiger charge is -2.29. The fourth-order valence-corrected chi connectivity index (χ4v) is 8.64. The average molecular weight is 721 g/mol. The zero-order valence-electron chi connectivity index (χ0n) is 22.9. The minimum atomic E-state index is -4.36. The zero-order valence-corrected chi connectivity index (χ0v) is 26.3. The van der Waals surface area contributed by atoms with E-state index in [1.54, 1.807) is 0 Å². The molecule has 7 N–H and O–H groups in total. The lowest BCUT2D eigenvalue weighted by atomic mass is 10.1. The number of hydrogen-bond donors (Lipinski definition) is 5. The molecular weight excluding hydrogens is 697 g/mol. The van der Waals surface area contributed by atoms with Crippen molar-refractivity contribution in [3.05, 3.63) is 29.3 Å². The summed E-state index contributed by atoms with van der Waals surface area (Å²) in [6, 6.07) is 0. The summed E-state index contributed by atoms with van der Waals surface area (Å²) < 4.78 is 66.5. The van der Waals surface area contributed by atoms with E-state index in [0.717, 1.165) is 6.33 Å². The predicted octanol–water partition coefficient (Wildman–Crippen LogP) is 0.0820. The van der Waals surface area contributed by atoms with Gasteiger partial charge in [0.15, 0.2) is 41.3 Å². The van der Waals surface area contributed by atoms with Crippen LogP contribution in [-0.2, 0) is 43.9 Å². The van der Waals surface area contributed by atoms with Crippen LogP contribution in [0.2, 0.25) is 0 Å². The normalized spacial score (nSPS) is 37.0. The Labute approximate surface area is 264 Å². The van der Waals surface area contributed by atoms with Crippen LogP contribution >= 0.6 is 24.3 Å². The second kappa shape index (κ2) is 11.6. The largest absolute Gasteiger partial charge is 0.418 e. The maximum atomic E-state index is 16.1. The van der Waals surface area contributed by atoms with Crippen LogP contribution in [0.3, 0.4) is 0 Å². The lowest BCUT2D eigenvalue weighted by molar-refractivity contribution is -0.0574. The number of aromatic amines is 1. The van der Waals surface area contributed by atoms with Gasteiger partial charge < -0.3 is 35.5 Å². The first-order chi connectivity index (χ1) is 21.9. The maximum absolute atomic E-state index is 16.1. The number of hydrogen-bond acceptors (Lipinski definition) is 17. The SMILES string of the molecule is C#S[P@]1(=O)OC[C@H]2O[C@@H](n3cnc4c(N)ncnc43)[C@H](F)[C@@H]2OP(O)(=S)OC[C@H]2O[C@@H](n3cnc4c(=O)[nH]c(N)nc43)[C@H](O)[C@@H]2O1. The van der Waals surface area contributed by atoms with Crippen LogP contribution in [0.5, 0.6) is 0 Å². The third-order valence-corrected chi connectivity index (χ3v) is 11.5. The van der Waals surface area contributed by atoms with Gasteiger partial charge in [0.25, 0.3) is 5.56 Å². The van der Waals surface area contributed by atoms with Gasteiger partial charge in [-0.2, -0.15) is 4.98 Å². The van der Waals surface area contributed by atoms with Gasteiger partial charge in [-0.1, -0.05) is 5.69 Å². The number of alkyl halides is 1. The van der Waals surface area contributed by atoms with Gasteiger partial charge in [0.05, 0.1) is 25.9 Å². The molecule has 0 aromatic carbocycles. The van der Waals surface area contributed by atoms with E-state index in [9.17, 15) is 19.4 Å². The Bertz CT molecular complexity index is 2040. The lowest BCUT2D eigenvalue weighted by Crippen LogP contribution is -2.38. The van der Waals surface area contributed by atoms with Crippen molar-refractivity contribution < 1.29 is 46.5 Å². The van der Waals surface area contributed by atoms with Crippen LogP contribution in [0, 0.1) is 5.69 Å². The molecule has 3 aliphatic heterocycles.